The molecule has 0 radical (unpaired) electrons. The summed E-state index contributed by atoms with van der Waals surface area (Å²) < 4.78 is 0. The number of hydrogen-bond acceptors (Lipinski definition) is 1. The van der Waals surface area contributed by atoms with Crippen LogP contribution >= 0.6 is 0 Å². The lowest BCUT2D eigenvalue weighted by Crippen LogP contribution is -2.16. The molecule has 1 unspecified atom stereocenters. The van der Waals surface area contributed by atoms with Gasteiger partial charge in [0.05, 0.1) is 0 Å². The molecule has 2 heteroatoms. The third kappa shape index (κ3) is 2.43. The van der Waals surface area contributed by atoms with Crippen molar-refractivity contribution >= 4 is 5.91 Å². The van der Waals surface area contributed by atoms with Crippen molar-refractivity contribution in [3.05, 3.63) is 34.9 Å². The smallest absolute Gasteiger partial charge is 0.218 e. The summed E-state index contributed by atoms with van der Waals surface area (Å²) in [7, 11) is 0. The fourth-order valence-electron chi connectivity index (χ4n) is 2.27. The Morgan fingerprint density at radius 1 is 1.38 bits per heavy atom. The molecule has 16 heavy (non-hydrogen) atoms. The molecule has 1 saturated carbocycles. The van der Waals surface area contributed by atoms with E-state index in [1.54, 1.807) is 0 Å². The van der Waals surface area contributed by atoms with Gasteiger partial charge in [0.25, 0.3) is 0 Å². The minimum atomic E-state index is -0.185. The van der Waals surface area contributed by atoms with E-state index >= 15 is 0 Å². The molecule has 1 aromatic carbocycles. The fraction of sp³-hybridized carbons (Fsp3) is 0.500. The molecule has 86 valence electrons. The molecule has 0 saturated heterocycles. The number of amides is 1. The van der Waals surface area contributed by atoms with Gasteiger partial charge >= 0.3 is 0 Å². The third-order valence-electron chi connectivity index (χ3n) is 3.57. The molecule has 2 rings (SSSR count). The maximum absolute atomic E-state index is 11.1. The van der Waals surface area contributed by atoms with Crippen molar-refractivity contribution in [2.75, 3.05) is 0 Å². The molecule has 0 heterocycles. The molecule has 1 amide bonds. The molecule has 1 atom stereocenters. The van der Waals surface area contributed by atoms with Crippen molar-refractivity contribution in [3.8, 4) is 0 Å². The maximum atomic E-state index is 11.1. The van der Waals surface area contributed by atoms with Gasteiger partial charge in [-0.3, -0.25) is 4.79 Å². The van der Waals surface area contributed by atoms with Crippen LogP contribution in [0.4, 0.5) is 0 Å². The van der Waals surface area contributed by atoms with Gasteiger partial charge in [0.2, 0.25) is 5.91 Å². The van der Waals surface area contributed by atoms with Crippen molar-refractivity contribution in [3.63, 3.8) is 0 Å². The van der Waals surface area contributed by atoms with E-state index in [4.69, 9.17) is 5.73 Å². The van der Waals surface area contributed by atoms with Crippen molar-refractivity contribution in [2.45, 2.75) is 39.0 Å². The van der Waals surface area contributed by atoms with Crippen LogP contribution in [0, 0.1) is 19.8 Å². The molecule has 0 spiro atoms. The van der Waals surface area contributed by atoms with Crippen molar-refractivity contribution in [2.24, 2.45) is 11.7 Å². The van der Waals surface area contributed by atoms with Crippen LogP contribution in [0.5, 0.6) is 0 Å². The summed E-state index contributed by atoms with van der Waals surface area (Å²) in [5.41, 5.74) is 9.21. The van der Waals surface area contributed by atoms with Crippen LogP contribution in [0.15, 0.2) is 18.2 Å². The third-order valence-corrected chi connectivity index (χ3v) is 3.57. The minimum absolute atomic E-state index is 0.185. The first-order valence-corrected chi connectivity index (χ1v) is 5.93. The van der Waals surface area contributed by atoms with E-state index in [1.165, 1.54) is 29.5 Å². The average Bonchev–Trinajstić information content (AvgIpc) is 3.02. The normalized spacial score (nSPS) is 17.1. The zero-order valence-corrected chi connectivity index (χ0v) is 9.99. The zero-order chi connectivity index (χ0) is 11.7. The first kappa shape index (κ1) is 11.2. The maximum Gasteiger partial charge on any atom is 0.218 e. The van der Waals surface area contributed by atoms with Crippen LogP contribution < -0.4 is 5.73 Å². The molecule has 0 bridgehead atoms. The number of rotatable bonds is 4. The topological polar surface area (TPSA) is 43.1 Å². The van der Waals surface area contributed by atoms with E-state index in [2.05, 4.69) is 32.0 Å². The van der Waals surface area contributed by atoms with E-state index in [9.17, 15) is 4.79 Å². The molecule has 1 aromatic rings. The molecule has 1 aliphatic carbocycles. The van der Waals surface area contributed by atoms with Gasteiger partial charge in [0, 0.05) is 6.42 Å². The second kappa shape index (κ2) is 4.28. The Labute approximate surface area is 96.8 Å². The quantitative estimate of drug-likeness (QED) is 0.827. The predicted molar refractivity (Wildman–Crippen MR) is 65.2 cm³/mol. The number of aryl methyl sites for hydroxylation is 2. The summed E-state index contributed by atoms with van der Waals surface area (Å²) in [4.78, 5) is 11.1. The second-order valence-corrected chi connectivity index (χ2v) is 4.96. The predicted octanol–water partition coefficient (Wildman–Crippen LogP) is 2.67. The van der Waals surface area contributed by atoms with E-state index < -0.39 is 0 Å². The van der Waals surface area contributed by atoms with E-state index in [0.717, 1.165) is 0 Å². The summed E-state index contributed by atoms with van der Waals surface area (Å²) >= 11 is 0. The van der Waals surface area contributed by atoms with Gasteiger partial charge in [0.1, 0.15) is 0 Å². The van der Waals surface area contributed by atoms with Crippen molar-refractivity contribution in [1.29, 1.82) is 0 Å². The van der Waals surface area contributed by atoms with Crippen molar-refractivity contribution < 1.29 is 4.79 Å². The monoisotopic (exact) mass is 217 g/mol. The minimum Gasteiger partial charge on any atom is -0.370 e. The molecule has 2 N–H and O–H groups in total. The van der Waals surface area contributed by atoms with Crippen LogP contribution in [0.25, 0.3) is 0 Å². The standard InChI is InChI=1S/C14H19NO/c1-9-3-4-12(7-10(9)2)13(8-14(15)16)11-5-6-11/h3-4,7,11,13H,5-6,8H2,1-2H3,(H2,15,16). The molecule has 1 fully saturated rings. The SMILES string of the molecule is Cc1ccc(C(CC(N)=O)C2CC2)cc1C. The zero-order valence-electron chi connectivity index (χ0n) is 9.99. The van der Waals surface area contributed by atoms with Crippen LogP contribution in [-0.2, 0) is 4.79 Å². The highest BCUT2D eigenvalue weighted by molar-refractivity contribution is 5.75. The molecule has 0 aliphatic heterocycles. The van der Waals surface area contributed by atoms with Gasteiger partial charge in [-0.1, -0.05) is 18.2 Å². The lowest BCUT2D eigenvalue weighted by Gasteiger charge is -2.16. The Morgan fingerprint density at radius 3 is 2.56 bits per heavy atom. The van der Waals surface area contributed by atoms with Gasteiger partial charge in [-0.2, -0.15) is 0 Å². The number of carbonyl (C=O) groups excluding carboxylic acids is 1. The van der Waals surface area contributed by atoms with Gasteiger partial charge in [0.15, 0.2) is 0 Å². The molecule has 0 aromatic heterocycles. The van der Waals surface area contributed by atoms with Crippen LogP contribution in [0.3, 0.4) is 0 Å². The highest BCUT2D eigenvalue weighted by atomic mass is 16.1. The summed E-state index contributed by atoms with van der Waals surface area (Å²) in [6.45, 7) is 4.23. The summed E-state index contributed by atoms with van der Waals surface area (Å²) in [5.74, 6) is 0.835. The average molecular weight is 217 g/mol. The highest BCUT2D eigenvalue weighted by Crippen LogP contribution is 2.44. The summed E-state index contributed by atoms with van der Waals surface area (Å²) in [6.07, 6.45) is 2.98. The van der Waals surface area contributed by atoms with Gasteiger partial charge in [-0.25, -0.2) is 0 Å². The first-order chi connectivity index (χ1) is 7.58. The highest BCUT2D eigenvalue weighted by Gasteiger charge is 2.33. The Morgan fingerprint density at radius 2 is 2.06 bits per heavy atom. The van der Waals surface area contributed by atoms with Crippen molar-refractivity contribution in [1.82, 2.24) is 0 Å². The van der Waals surface area contributed by atoms with Gasteiger partial charge < -0.3 is 5.73 Å². The largest absolute Gasteiger partial charge is 0.370 e. The Bertz CT molecular complexity index is 407. The van der Waals surface area contributed by atoms with Crippen LogP contribution in [0.1, 0.15) is 41.9 Å². The molecule has 1 aliphatic rings. The summed E-state index contributed by atoms with van der Waals surface area (Å²) in [5, 5.41) is 0. The van der Waals surface area contributed by atoms with E-state index in [1.807, 2.05) is 0 Å². The number of carbonyl (C=O) groups is 1. The molecule has 2 nitrogen and oxygen atoms in total. The number of hydrogen-bond donors (Lipinski definition) is 1. The summed E-state index contributed by atoms with van der Waals surface area (Å²) in [6, 6.07) is 6.50. The second-order valence-electron chi connectivity index (χ2n) is 4.96. The number of nitrogens with two attached hydrogens (primary N) is 1. The fourth-order valence-corrected chi connectivity index (χ4v) is 2.27. The molecular formula is C14H19NO. The Balaban J connectivity index is 2.24. The van der Waals surface area contributed by atoms with Gasteiger partial charge in [-0.15, -0.1) is 0 Å². The molecular weight excluding hydrogens is 198 g/mol. The number of benzene rings is 1. The lowest BCUT2D eigenvalue weighted by atomic mass is 9.89. The van der Waals surface area contributed by atoms with E-state index in [-0.39, 0.29) is 5.91 Å². The Kier molecular flexibility index (Phi) is 2.99. The Hall–Kier alpha value is -1.31. The van der Waals surface area contributed by atoms with Gasteiger partial charge in [-0.05, 0) is 55.2 Å². The first-order valence-electron chi connectivity index (χ1n) is 5.93. The number of primary amides is 1. The van der Waals surface area contributed by atoms with Crippen LogP contribution in [0.2, 0.25) is 0 Å². The van der Waals surface area contributed by atoms with E-state index in [0.29, 0.717) is 18.3 Å². The van der Waals surface area contributed by atoms with Crippen LogP contribution in [-0.4, -0.2) is 5.91 Å². The lowest BCUT2D eigenvalue weighted by molar-refractivity contribution is -0.118.